The molecule has 0 spiro atoms. The summed E-state index contributed by atoms with van der Waals surface area (Å²) >= 11 is 5.20. The molecule has 7 heteroatoms. The second-order valence-corrected chi connectivity index (χ2v) is 3.53. The summed E-state index contributed by atoms with van der Waals surface area (Å²) in [4.78, 5) is 11.0. The van der Waals surface area contributed by atoms with E-state index in [9.17, 15) is 18.0 Å². The van der Waals surface area contributed by atoms with Gasteiger partial charge in [-0.25, -0.2) is 0 Å². The second kappa shape index (κ2) is 3.55. The lowest BCUT2D eigenvalue weighted by molar-refractivity contribution is -0.140. The molecule has 0 aromatic carbocycles. The average molecular weight is 252 g/mol. The maximum Gasteiger partial charge on any atom is 0.406 e. The molecule has 0 fully saturated rings. The van der Waals surface area contributed by atoms with Gasteiger partial charge in [-0.2, -0.15) is 13.2 Å². The first-order chi connectivity index (χ1) is 7.38. The highest BCUT2D eigenvalue weighted by Gasteiger charge is 2.31. The largest absolute Gasteiger partial charge is 0.448 e. The molecule has 0 N–H and O–H groups in total. The van der Waals surface area contributed by atoms with Gasteiger partial charge in [-0.3, -0.25) is 9.36 Å². The van der Waals surface area contributed by atoms with Crippen LogP contribution in [0.2, 0.25) is 0 Å². The zero-order chi connectivity index (χ0) is 11.9. The number of halogens is 4. The predicted octanol–water partition coefficient (Wildman–Crippen LogP) is 3.18. The Hall–Kier alpha value is -1.43. The maximum absolute atomic E-state index is 12.3. The number of fused-ring (bicyclic) bond motifs is 1. The number of hydrogen-bond acceptors (Lipinski definition) is 2. The third-order valence-corrected chi connectivity index (χ3v) is 2.23. The smallest absolute Gasteiger partial charge is 0.406 e. The molecule has 2 aromatic heterocycles. The van der Waals surface area contributed by atoms with Gasteiger partial charge in [-0.15, -0.1) is 0 Å². The SMILES string of the molecule is O=C(Cl)c1cc2ccoc2n1CC(F)(F)F. The van der Waals surface area contributed by atoms with E-state index in [1.54, 1.807) is 0 Å². The molecule has 0 saturated heterocycles. The highest BCUT2D eigenvalue weighted by Crippen LogP contribution is 2.27. The molecule has 0 radical (unpaired) electrons. The lowest BCUT2D eigenvalue weighted by Gasteiger charge is -2.09. The van der Waals surface area contributed by atoms with Crippen molar-refractivity contribution in [2.24, 2.45) is 0 Å². The Bertz CT molecular complexity index is 540. The van der Waals surface area contributed by atoms with E-state index in [4.69, 9.17) is 16.0 Å². The summed E-state index contributed by atoms with van der Waals surface area (Å²) in [6.45, 7) is -1.31. The minimum atomic E-state index is -4.44. The van der Waals surface area contributed by atoms with Crippen molar-refractivity contribution in [2.75, 3.05) is 0 Å². The quantitative estimate of drug-likeness (QED) is 0.769. The van der Waals surface area contributed by atoms with Crippen LogP contribution in [-0.4, -0.2) is 16.0 Å². The third kappa shape index (κ3) is 1.92. The minimum Gasteiger partial charge on any atom is -0.448 e. The van der Waals surface area contributed by atoms with Crippen molar-refractivity contribution >= 4 is 27.9 Å². The molecule has 0 aliphatic carbocycles. The van der Waals surface area contributed by atoms with E-state index in [2.05, 4.69) is 0 Å². The van der Waals surface area contributed by atoms with Crippen molar-refractivity contribution in [1.29, 1.82) is 0 Å². The average Bonchev–Trinajstić information content (AvgIpc) is 2.65. The van der Waals surface area contributed by atoms with E-state index in [0.29, 0.717) is 9.95 Å². The molecule has 2 heterocycles. The summed E-state index contributed by atoms with van der Waals surface area (Å²) in [6.07, 6.45) is -3.19. The summed E-state index contributed by atoms with van der Waals surface area (Å²) < 4.78 is 42.4. The van der Waals surface area contributed by atoms with Crippen molar-refractivity contribution in [3.63, 3.8) is 0 Å². The maximum atomic E-state index is 12.3. The monoisotopic (exact) mass is 251 g/mol. The minimum absolute atomic E-state index is 0.0127. The van der Waals surface area contributed by atoms with Crippen molar-refractivity contribution in [2.45, 2.75) is 12.7 Å². The zero-order valence-electron chi connectivity index (χ0n) is 7.71. The van der Waals surface area contributed by atoms with Crippen LogP contribution < -0.4 is 0 Å². The number of rotatable bonds is 2. The number of aromatic nitrogens is 1. The predicted molar refractivity (Wildman–Crippen MR) is 50.4 cm³/mol. The topological polar surface area (TPSA) is 35.1 Å². The molecule has 0 bridgehead atoms. The van der Waals surface area contributed by atoms with Crippen LogP contribution in [0.4, 0.5) is 13.2 Å². The molecular formula is C9H5ClF3NO2. The number of furan rings is 1. The fraction of sp³-hybridized carbons (Fsp3) is 0.222. The normalized spacial score (nSPS) is 12.2. The molecule has 2 rings (SSSR count). The number of alkyl halides is 3. The summed E-state index contributed by atoms with van der Waals surface area (Å²) in [5.74, 6) is 0. The zero-order valence-corrected chi connectivity index (χ0v) is 8.47. The number of carbonyl (C=O) groups excluding carboxylic acids is 1. The van der Waals surface area contributed by atoms with Gasteiger partial charge in [0.2, 0.25) is 5.71 Å². The van der Waals surface area contributed by atoms with Crippen molar-refractivity contribution < 1.29 is 22.4 Å². The van der Waals surface area contributed by atoms with E-state index in [0.717, 1.165) is 0 Å². The van der Waals surface area contributed by atoms with Gasteiger partial charge in [0.05, 0.1) is 6.26 Å². The molecular weight excluding hydrogens is 247 g/mol. The van der Waals surface area contributed by atoms with E-state index in [1.807, 2.05) is 0 Å². The second-order valence-electron chi connectivity index (χ2n) is 3.19. The number of carbonyl (C=O) groups is 1. The van der Waals surface area contributed by atoms with E-state index >= 15 is 0 Å². The van der Waals surface area contributed by atoms with Gasteiger partial charge in [0, 0.05) is 5.39 Å². The molecule has 0 saturated carbocycles. The first kappa shape index (κ1) is 11.1. The van der Waals surface area contributed by atoms with Gasteiger partial charge in [-0.1, -0.05) is 0 Å². The number of hydrogen-bond donors (Lipinski definition) is 0. The summed E-state index contributed by atoms with van der Waals surface area (Å²) in [6, 6.07) is 2.73. The highest BCUT2D eigenvalue weighted by molar-refractivity contribution is 6.67. The molecule has 0 aliphatic rings. The van der Waals surface area contributed by atoms with Gasteiger partial charge in [0.25, 0.3) is 5.24 Å². The van der Waals surface area contributed by atoms with E-state index in [1.165, 1.54) is 18.4 Å². The van der Waals surface area contributed by atoms with Gasteiger partial charge in [0.15, 0.2) is 0 Å². The molecule has 3 nitrogen and oxygen atoms in total. The molecule has 0 unspecified atom stereocenters. The molecule has 0 aliphatic heterocycles. The van der Waals surface area contributed by atoms with Gasteiger partial charge >= 0.3 is 6.18 Å². The third-order valence-electron chi connectivity index (χ3n) is 2.04. The Morgan fingerprint density at radius 1 is 1.50 bits per heavy atom. The van der Waals surface area contributed by atoms with Crippen molar-refractivity contribution in [3.05, 3.63) is 24.1 Å². The van der Waals surface area contributed by atoms with Crippen LogP contribution >= 0.6 is 11.6 Å². The lowest BCUT2D eigenvalue weighted by Crippen LogP contribution is -2.19. The summed E-state index contributed by atoms with van der Waals surface area (Å²) in [5.41, 5.74) is -0.241. The Kier molecular flexibility index (Phi) is 2.46. The fourth-order valence-electron chi connectivity index (χ4n) is 1.47. The van der Waals surface area contributed by atoms with Gasteiger partial charge in [0.1, 0.15) is 12.2 Å². The lowest BCUT2D eigenvalue weighted by atomic mass is 10.4. The van der Waals surface area contributed by atoms with Crippen LogP contribution in [0.15, 0.2) is 22.8 Å². The standard InChI is InChI=1S/C9H5ClF3NO2/c10-7(15)6-3-5-1-2-16-8(5)14(6)4-9(11,12)13/h1-3H,4H2. The van der Waals surface area contributed by atoms with E-state index < -0.39 is 18.0 Å². The summed E-state index contributed by atoms with van der Waals surface area (Å²) in [5, 5.41) is -0.538. The Balaban J connectivity index is 2.58. The van der Waals surface area contributed by atoms with Crippen LogP contribution in [-0.2, 0) is 6.54 Å². The molecule has 86 valence electrons. The molecule has 0 atom stereocenters. The van der Waals surface area contributed by atoms with Crippen LogP contribution in [0.5, 0.6) is 0 Å². The highest BCUT2D eigenvalue weighted by atomic mass is 35.5. The van der Waals surface area contributed by atoms with Crippen molar-refractivity contribution in [3.8, 4) is 0 Å². The van der Waals surface area contributed by atoms with Crippen LogP contribution in [0.3, 0.4) is 0 Å². The Morgan fingerprint density at radius 3 is 2.75 bits per heavy atom. The van der Waals surface area contributed by atoms with Gasteiger partial charge in [-0.05, 0) is 23.7 Å². The van der Waals surface area contributed by atoms with Crippen LogP contribution in [0.25, 0.3) is 11.1 Å². The van der Waals surface area contributed by atoms with Crippen LogP contribution in [0.1, 0.15) is 10.5 Å². The van der Waals surface area contributed by atoms with Crippen molar-refractivity contribution in [1.82, 2.24) is 4.57 Å². The first-order valence-corrected chi connectivity index (χ1v) is 4.59. The fourth-order valence-corrected chi connectivity index (χ4v) is 1.63. The number of nitrogens with zero attached hydrogens (tertiary/aromatic N) is 1. The molecule has 0 amide bonds. The molecule has 2 aromatic rings. The molecule has 16 heavy (non-hydrogen) atoms. The van der Waals surface area contributed by atoms with Crippen LogP contribution in [0, 0.1) is 0 Å². The summed E-state index contributed by atoms with van der Waals surface area (Å²) in [7, 11) is 0. The van der Waals surface area contributed by atoms with Gasteiger partial charge < -0.3 is 4.42 Å². The first-order valence-electron chi connectivity index (χ1n) is 4.22. The Labute approximate surface area is 92.4 Å². The Morgan fingerprint density at radius 2 is 2.19 bits per heavy atom. The van der Waals surface area contributed by atoms with E-state index in [-0.39, 0.29) is 11.4 Å².